The lowest BCUT2D eigenvalue weighted by Gasteiger charge is -2.19. The molecule has 0 unspecified atom stereocenters. The van der Waals surface area contributed by atoms with E-state index in [4.69, 9.17) is 34.8 Å². The fourth-order valence-corrected chi connectivity index (χ4v) is 3.99. The number of nitrogens with zero attached hydrogens (tertiary/aromatic N) is 2. The second-order valence-corrected chi connectivity index (χ2v) is 9.22. The number of carbonyl (C=O) groups is 1. The minimum atomic E-state index is -3.31. The largest absolute Gasteiger partial charge is 0.346 e. The standard InChI is InChI=1S/C12H12Cl3N3O3S/c13-12(14,15)11(19)18-10-7-22(20,21)6-9(10)17-5-8-1-3-16-4-2-8/h1-5,9-10H,6-7H2,(H,18,19)/t9-,10-/m1/s1. The Morgan fingerprint density at radius 3 is 2.55 bits per heavy atom. The molecule has 0 radical (unpaired) electrons. The van der Waals surface area contributed by atoms with Crippen LogP contribution in [0.15, 0.2) is 29.5 Å². The third kappa shape index (κ3) is 4.81. The molecule has 1 N–H and O–H groups in total. The first kappa shape index (κ1) is 17.5. The van der Waals surface area contributed by atoms with Crippen molar-refractivity contribution in [2.45, 2.75) is 15.9 Å². The Hall–Kier alpha value is -0.890. The predicted octanol–water partition coefficient (Wildman–Crippen LogP) is 1.15. The monoisotopic (exact) mass is 383 g/mol. The highest BCUT2D eigenvalue weighted by atomic mass is 35.6. The third-order valence-electron chi connectivity index (χ3n) is 3.02. The van der Waals surface area contributed by atoms with E-state index in [9.17, 15) is 13.2 Å². The Labute approximate surface area is 142 Å². The maximum atomic E-state index is 11.8. The summed E-state index contributed by atoms with van der Waals surface area (Å²) in [6.45, 7) is 0. The van der Waals surface area contributed by atoms with Crippen molar-refractivity contribution in [3.63, 3.8) is 0 Å². The van der Waals surface area contributed by atoms with Gasteiger partial charge in [0.2, 0.25) is 0 Å². The van der Waals surface area contributed by atoms with E-state index in [1.54, 1.807) is 24.5 Å². The summed E-state index contributed by atoms with van der Waals surface area (Å²) >= 11 is 16.4. The van der Waals surface area contributed by atoms with E-state index in [-0.39, 0.29) is 11.5 Å². The number of amides is 1. The molecule has 1 saturated heterocycles. The highest BCUT2D eigenvalue weighted by molar-refractivity contribution is 7.91. The quantitative estimate of drug-likeness (QED) is 0.625. The first-order valence-corrected chi connectivity index (χ1v) is 9.14. The molecule has 1 fully saturated rings. The molecule has 0 spiro atoms. The molecule has 6 nitrogen and oxygen atoms in total. The molecular weight excluding hydrogens is 373 g/mol. The van der Waals surface area contributed by atoms with Gasteiger partial charge in [-0.1, -0.05) is 34.8 Å². The number of hydrogen-bond donors (Lipinski definition) is 1. The van der Waals surface area contributed by atoms with Crippen LogP contribution in [0.4, 0.5) is 0 Å². The molecule has 0 bridgehead atoms. The van der Waals surface area contributed by atoms with E-state index < -0.39 is 31.6 Å². The molecule has 0 aliphatic carbocycles. The summed E-state index contributed by atoms with van der Waals surface area (Å²) in [6.07, 6.45) is 4.71. The Balaban J connectivity index is 2.13. The van der Waals surface area contributed by atoms with Crippen molar-refractivity contribution in [1.29, 1.82) is 0 Å². The lowest BCUT2D eigenvalue weighted by molar-refractivity contribution is -0.120. The number of halogens is 3. The molecule has 120 valence electrons. The maximum Gasteiger partial charge on any atom is 0.272 e. The van der Waals surface area contributed by atoms with E-state index in [0.717, 1.165) is 5.56 Å². The zero-order chi connectivity index (χ0) is 16.4. The van der Waals surface area contributed by atoms with E-state index in [1.165, 1.54) is 6.21 Å². The molecule has 1 aromatic heterocycles. The summed E-state index contributed by atoms with van der Waals surface area (Å²) in [5.41, 5.74) is 0.769. The third-order valence-corrected chi connectivity index (χ3v) is 5.25. The van der Waals surface area contributed by atoms with Crippen molar-refractivity contribution < 1.29 is 13.2 Å². The van der Waals surface area contributed by atoms with Crippen molar-refractivity contribution in [3.05, 3.63) is 30.1 Å². The molecule has 2 atom stereocenters. The van der Waals surface area contributed by atoms with Gasteiger partial charge in [-0.05, 0) is 17.7 Å². The molecule has 1 aliphatic heterocycles. The van der Waals surface area contributed by atoms with Crippen LogP contribution in [0.5, 0.6) is 0 Å². The summed E-state index contributed by atoms with van der Waals surface area (Å²) in [5.74, 6) is -1.28. The first-order chi connectivity index (χ1) is 10.2. The maximum absolute atomic E-state index is 11.8. The molecule has 0 aromatic carbocycles. The molecule has 1 amide bonds. The van der Waals surface area contributed by atoms with E-state index >= 15 is 0 Å². The zero-order valence-electron chi connectivity index (χ0n) is 11.1. The number of rotatable bonds is 3. The molecule has 1 aliphatic rings. The fourth-order valence-electron chi connectivity index (χ4n) is 2.00. The van der Waals surface area contributed by atoms with Crippen molar-refractivity contribution in [2.24, 2.45) is 4.99 Å². The van der Waals surface area contributed by atoms with Gasteiger partial charge in [0.15, 0.2) is 9.84 Å². The zero-order valence-corrected chi connectivity index (χ0v) is 14.2. The Morgan fingerprint density at radius 2 is 1.95 bits per heavy atom. The van der Waals surface area contributed by atoms with Crippen molar-refractivity contribution >= 4 is 56.8 Å². The first-order valence-electron chi connectivity index (χ1n) is 6.19. The summed E-state index contributed by atoms with van der Waals surface area (Å²) in [5, 5.41) is 2.42. The van der Waals surface area contributed by atoms with Crippen LogP contribution >= 0.6 is 34.8 Å². The average Bonchev–Trinajstić information content (AvgIpc) is 2.71. The van der Waals surface area contributed by atoms with Crippen LogP contribution in [0.2, 0.25) is 0 Å². The number of carbonyl (C=O) groups excluding carboxylic acids is 1. The number of alkyl halides is 3. The minimum absolute atomic E-state index is 0.167. The topological polar surface area (TPSA) is 88.5 Å². The summed E-state index contributed by atoms with van der Waals surface area (Å²) < 4.78 is 21.4. The summed E-state index contributed by atoms with van der Waals surface area (Å²) in [4.78, 5) is 19.8. The van der Waals surface area contributed by atoms with E-state index in [1.807, 2.05) is 0 Å². The van der Waals surface area contributed by atoms with E-state index in [0.29, 0.717) is 0 Å². The SMILES string of the molecule is O=C(N[C@@H]1CS(=O)(=O)C[C@H]1N=Cc1ccncc1)C(Cl)(Cl)Cl. The Kier molecular flexibility index (Phi) is 5.32. The summed E-state index contributed by atoms with van der Waals surface area (Å²) in [6, 6.07) is 2.09. The molecular formula is C12H12Cl3N3O3S. The molecule has 0 saturated carbocycles. The van der Waals surface area contributed by atoms with Crippen LogP contribution in [0.25, 0.3) is 0 Å². The van der Waals surface area contributed by atoms with Crippen molar-refractivity contribution in [3.8, 4) is 0 Å². The number of aromatic nitrogens is 1. The highest BCUT2D eigenvalue weighted by Gasteiger charge is 2.41. The van der Waals surface area contributed by atoms with Crippen LogP contribution in [0.3, 0.4) is 0 Å². The number of aliphatic imine (C=N–C) groups is 1. The lowest BCUT2D eigenvalue weighted by Crippen LogP contribution is -2.46. The van der Waals surface area contributed by atoms with Crippen LogP contribution in [0.1, 0.15) is 5.56 Å². The molecule has 2 rings (SSSR count). The van der Waals surface area contributed by atoms with Crippen LogP contribution < -0.4 is 5.32 Å². The second-order valence-electron chi connectivity index (χ2n) is 4.78. The van der Waals surface area contributed by atoms with Crippen molar-refractivity contribution in [1.82, 2.24) is 10.3 Å². The number of pyridine rings is 1. The highest BCUT2D eigenvalue weighted by Crippen LogP contribution is 2.27. The number of hydrogen-bond acceptors (Lipinski definition) is 5. The second kappa shape index (κ2) is 6.70. The number of nitrogens with one attached hydrogen (secondary N) is 1. The molecule has 2 heterocycles. The molecule has 1 aromatic rings. The molecule has 22 heavy (non-hydrogen) atoms. The van der Waals surface area contributed by atoms with Gasteiger partial charge < -0.3 is 5.32 Å². The van der Waals surface area contributed by atoms with Gasteiger partial charge >= 0.3 is 0 Å². The molecule has 10 heteroatoms. The van der Waals surface area contributed by atoms with Gasteiger partial charge in [0, 0.05) is 18.6 Å². The van der Waals surface area contributed by atoms with Gasteiger partial charge in [-0.25, -0.2) is 8.42 Å². The summed E-state index contributed by atoms with van der Waals surface area (Å²) in [7, 11) is -3.31. The van der Waals surface area contributed by atoms with Crippen LogP contribution in [-0.4, -0.2) is 52.9 Å². The van der Waals surface area contributed by atoms with Crippen molar-refractivity contribution in [2.75, 3.05) is 11.5 Å². The Bertz CT molecular complexity index is 674. The lowest BCUT2D eigenvalue weighted by atomic mass is 10.2. The Morgan fingerprint density at radius 1 is 1.32 bits per heavy atom. The van der Waals surface area contributed by atoms with Gasteiger partial charge in [0.25, 0.3) is 9.70 Å². The normalized spacial score (nSPS) is 24.5. The van der Waals surface area contributed by atoms with Gasteiger partial charge in [0.1, 0.15) is 0 Å². The van der Waals surface area contributed by atoms with Crippen LogP contribution in [0, 0.1) is 0 Å². The van der Waals surface area contributed by atoms with Crippen LogP contribution in [-0.2, 0) is 14.6 Å². The smallest absolute Gasteiger partial charge is 0.272 e. The van der Waals surface area contributed by atoms with Gasteiger partial charge in [-0.15, -0.1) is 0 Å². The minimum Gasteiger partial charge on any atom is -0.346 e. The van der Waals surface area contributed by atoms with Gasteiger partial charge in [0.05, 0.1) is 23.6 Å². The van der Waals surface area contributed by atoms with E-state index in [2.05, 4.69) is 15.3 Å². The average molecular weight is 385 g/mol. The van der Waals surface area contributed by atoms with Gasteiger partial charge in [-0.3, -0.25) is 14.8 Å². The fraction of sp³-hybridized carbons (Fsp3) is 0.417. The van der Waals surface area contributed by atoms with Gasteiger partial charge in [-0.2, -0.15) is 0 Å². The predicted molar refractivity (Wildman–Crippen MR) is 86.5 cm³/mol. The number of sulfone groups is 1.